The van der Waals surface area contributed by atoms with Crippen LogP contribution in [0, 0.1) is 6.92 Å². The molecular weight excluding hydrogens is 316 g/mol. The van der Waals surface area contributed by atoms with Gasteiger partial charge in [-0.1, -0.05) is 12.1 Å². The molecule has 128 valence electrons. The predicted octanol–water partition coefficient (Wildman–Crippen LogP) is 3.01. The molecule has 0 bridgehead atoms. The van der Waals surface area contributed by atoms with Gasteiger partial charge in [0, 0.05) is 36.4 Å². The van der Waals surface area contributed by atoms with Gasteiger partial charge >= 0.3 is 0 Å². The van der Waals surface area contributed by atoms with E-state index in [1.165, 1.54) is 0 Å². The highest BCUT2D eigenvalue weighted by molar-refractivity contribution is 6.08. The molecular formula is C19H20N4O2. The zero-order valence-electron chi connectivity index (χ0n) is 14.4. The number of aromatic hydroxyl groups is 1. The van der Waals surface area contributed by atoms with Crippen molar-refractivity contribution in [1.82, 2.24) is 10.4 Å². The number of benzene rings is 2. The Labute approximate surface area is 145 Å². The molecule has 0 saturated heterocycles. The summed E-state index contributed by atoms with van der Waals surface area (Å²) < 4.78 is 0. The maximum Gasteiger partial charge on any atom is 0.273 e. The molecule has 0 radical (unpaired) electrons. The van der Waals surface area contributed by atoms with E-state index in [0.717, 1.165) is 22.5 Å². The molecule has 0 aliphatic carbocycles. The number of rotatable bonds is 4. The fraction of sp³-hybridized carbons (Fsp3) is 0.158. The number of fused-ring (bicyclic) bond motifs is 1. The summed E-state index contributed by atoms with van der Waals surface area (Å²) in [5.41, 5.74) is 6.52. The van der Waals surface area contributed by atoms with Crippen molar-refractivity contribution in [1.29, 1.82) is 0 Å². The number of anilines is 1. The van der Waals surface area contributed by atoms with E-state index in [2.05, 4.69) is 15.5 Å². The fourth-order valence-corrected chi connectivity index (χ4v) is 2.69. The molecule has 25 heavy (non-hydrogen) atoms. The highest BCUT2D eigenvalue weighted by atomic mass is 16.3. The molecule has 0 aliphatic rings. The van der Waals surface area contributed by atoms with Gasteiger partial charge in [0.25, 0.3) is 5.91 Å². The second kappa shape index (κ2) is 6.68. The van der Waals surface area contributed by atoms with E-state index in [0.29, 0.717) is 10.9 Å². The Kier molecular flexibility index (Phi) is 4.43. The molecule has 1 aromatic heterocycles. The molecule has 3 N–H and O–H groups in total. The predicted molar refractivity (Wildman–Crippen MR) is 101 cm³/mol. The third kappa shape index (κ3) is 3.47. The van der Waals surface area contributed by atoms with Crippen molar-refractivity contribution in [3.8, 4) is 5.75 Å². The van der Waals surface area contributed by atoms with E-state index in [1.54, 1.807) is 24.4 Å². The molecule has 3 aromatic rings. The Morgan fingerprint density at radius 2 is 1.92 bits per heavy atom. The number of hydrazone groups is 1. The van der Waals surface area contributed by atoms with Crippen molar-refractivity contribution in [2.24, 2.45) is 5.10 Å². The Hall–Kier alpha value is -3.28. The van der Waals surface area contributed by atoms with Crippen LogP contribution in [0.5, 0.6) is 5.75 Å². The number of phenols is 1. The maximum atomic E-state index is 12.5. The van der Waals surface area contributed by atoms with Gasteiger partial charge in [-0.3, -0.25) is 4.79 Å². The number of hydrogen-bond acceptors (Lipinski definition) is 4. The molecule has 3 rings (SSSR count). The summed E-state index contributed by atoms with van der Waals surface area (Å²) in [5, 5.41) is 14.3. The largest absolute Gasteiger partial charge is 0.508 e. The third-order valence-electron chi connectivity index (χ3n) is 3.99. The number of aromatic nitrogens is 1. The monoisotopic (exact) mass is 336 g/mol. The number of aromatic amines is 1. The van der Waals surface area contributed by atoms with Gasteiger partial charge in [0.2, 0.25) is 0 Å². The van der Waals surface area contributed by atoms with E-state index >= 15 is 0 Å². The average molecular weight is 336 g/mol. The van der Waals surface area contributed by atoms with Gasteiger partial charge in [0.1, 0.15) is 5.75 Å². The number of carbonyl (C=O) groups is 1. The number of aryl methyl sites for hydroxylation is 1. The highest BCUT2D eigenvalue weighted by Gasteiger charge is 2.15. The second-order valence-electron chi connectivity index (χ2n) is 6.04. The van der Waals surface area contributed by atoms with E-state index in [4.69, 9.17) is 0 Å². The van der Waals surface area contributed by atoms with E-state index in [9.17, 15) is 9.90 Å². The SMILES string of the molecule is Cc1[nH]c2ccc(O)cc2c1C(=O)NN=Cc1ccc(N(C)C)cc1. The molecule has 1 amide bonds. The van der Waals surface area contributed by atoms with Crippen molar-refractivity contribution in [3.63, 3.8) is 0 Å². The lowest BCUT2D eigenvalue weighted by Crippen LogP contribution is -2.18. The van der Waals surface area contributed by atoms with Gasteiger partial charge < -0.3 is 15.0 Å². The van der Waals surface area contributed by atoms with Crippen LogP contribution in [0.1, 0.15) is 21.6 Å². The first-order chi connectivity index (χ1) is 12.0. The van der Waals surface area contributed by atoms with Crippen LogP contribution >= 0.6 is 0 Å². The molecule has 0 spiro atoms. The van der Waals surface area contributed by atoms with Gasteiger partial charge in [0.15, 0.2) is 0 Å². The number of phenolic OH excluding ortho intramolecular Hbond substituents is 1. The van der Waals surface area contributed by atoms with Gasteiger partial charge in [0.05, 0.1) is 11.8 Å². The zero-order chi connectivity index (χ0) is 18.0. The van der Waals surface area contributed by atoms with Crippen molar-refractivity contribution in [2.45, 2.75) is 6.92 Å². The minimum absolute atomic E-state index is 0.116. The normalized spacial score (nSPS) is 11.2. The molecule has 0 unspecified atom stereocenters. The minimum Gasteiger partial charge on any atom is -0.508 e. The standard InChI is InChI=1S/C19H20N4O2/c1-12-18(16-10-15(24)8-9-17(16)21-12)19(25)22-20-11-13-4-6-14(7-5-13)23(2)3/h4-11,21,24H,1-3H3,(H,22,25). The summed E-state index contributed by atoms with van der Waals surface area (Å²) in [6.07, 6.45) is 1.60. The first kappa shape index (κ1) is 16.6. The zero-order valence-corrected chi connectivity index (χ0v) is 14.4. The van der Waals surface area contributed by atoms with Crippen molar-refractivity contribution < 1.29 is 9.90 Å². The van der Waals surface area contributed by atoms with Crippen LogP contribution in [0.3, 0.4) is 0 Å². The fourth-order valence-electron chi connectivity index (χ4n) is 2.69. The number of H-pyrrole nitrogens is 1. The summed E-state index contributed by atoms with van der Waals surface area (Å²) in [6.45, 7) is 1.82. The van der Waals surface area contributed by atoms with Crippen LogP contribution in [-0.4, -0.2) is 36.3 Å². The van der Waals surface area contributed by atoms with Gasteiger partial charge in [-0.2, -0.15) is 5.10 Å². The smallest absolute Gasteiger partial charge is 0.273 e. The summed E-state index contributed by atoms with van der Waals surface area (Å²) >= 11 is 0. The van der Waals surface area contributed by atoms with Crippen molar-refractivity contribution >= 4 is 28.7 Å². The number of nitrogens with zero attached hydrogens (tertiary/aromatic N) is 2. The summed E-state index contributed by atoms with van der Waals surface area (Å²) in [6, 6.07) is 12.7. The van der Waals surface area contributed by atoms with Crippen molar-refractivity contribution in [3.05, 3.63) is 59.3 Å². The number of carbonyl (C=O) groups excluding carboxylic acids is 1. The molecule has 2 aromatic carbocycles. The minimum atomic E-state index is -0.324. The first-order valence-electron chi connectivity index (χ1n) is 7.88. The third-order valence-corrected chi connectivity index (χ3v) is 3.99. The van der Waals surface area contributed by atoms with Gasteiger partial charge in [-0.15, -0.1) is 0 Å². The van der Waals surface area contributed by atoms with Crippen LogP contribution in [0.2, 0.25) is 0 Å². The molecule has 1 heterocycles. The van der Waals surface area contributed by atoms with Crippen LogP contribution in [0.4, 0.5) is 5.69 Å². The first-order valence-corrected chi connectivity index (χ1v) is 7.88. The van der Waals surface area contributed by atoms with E-state index in [-0.39, 0.29) is 11.7 Å². The second-order valence-corrected chi connectivity index (χ2v) is 6.04. The molecule has 0 aliphatic heterocycles. The van der Waals surface area contributed by atoms with E-state index in [1.807, 2.05) is 50.2 Å². The van der Waals surface area contributed by atoms with Crippen LogP contribution < -0.4 is 10.3 Å². The van der Waals surface area contributed by atoms with Crippen molar-refractivity contribution in [2.75, 3.05) is 19.0 Å². The topological polar surface area (TPSA) is 80.7 Å². The Balaban J connectivity index is 1.76. The number of amides is 1. The average Bonchev–Trinajstić information content (AvgIpc) is 2.90. The Bertz CT molecular complexity index is 940. The quantitative estimate of drug-likeness (QED) is 0.506. The lowest BCUT2D eigenvalue weighted by atomic mass is 10.1. The van der Waals surface area contributed by atoms with Crippen LogP contribution in [-0.2, 0) is 0 Å². The van der Waals surface area contributed by atoms with Crippen LogP contribution in [0.15, 0.2) is 47.6 Å². The summed E-state index contributed by atoms with van der Waals surface area (Å²) in [4.78, 5) is 17.6. The number of hydrogen-bond donors (Lipinski definition) is 3. The van der Waals surface area contributed by atoms with Gasteiger partial charge in [-0.05, 0) is 42.8 Å². The number of nitrogens with one attached hydrogen (secondary N) is 2. The van der Waals surface area contributed by atoms with Crippen LogP contribution in [0.25, 0.3) is 10.9 Å². The van der Waals surface area contributed by atoms with E-state index < -0.39 is 0 Å². The molecule has 0 fully saturated rings. The Morgan fingerprint density at radius 1 is 1.20 bits per heavy atom. The lowest BCUT2D eigenvalue weighted by Gasteiger charge is -2.11. The van der Waals surface area contributed by atoms with Gasteiger partial charge in [-0.25, -0.2) is 5.43 Å². The molecule has 6 nitrogen and oxygen atoms in total. The summed E-state index contributed by atoms with van der Waals surface area (Å²) in [7, 11) is 3.95. The Morgan fingerprint density at radius 3 is 2.60 bits per heavy atom. The maximum absolute atomic E-state index is 12.5. The highest BCUT2D eigenvalue weighted by Crippen LogP contribution is 2.25. The summed E-state index contributed by atoms with van der Waals surface area (Å²) in [5.74, 6) is -0.208. The molecule has 0 saturated carbocycles. The molecule has 0 atom stereocenters. The lowest BCUT2D eigenvalue weighted by molar-refractivity contribution is 0.0956. The molecule has 6 heteroatoms.